The van der Waals surface area contributed by atoms with Crippen molar-refractivity contribution in [2.45, 2.75) is 6.54 Å². The van der Waals surface area contributed by atoms with E-state index in [1.807, 2.05) is 0 Å². The van der Waals surface area contributed by atoms with Gasteiger partial charge < -0.3 is 5.73 Å². The van der Waals surface area contributed by atoms with Crippen LogP contribution >= 0.6 is 0 Å². The van der Waals surface area contributed by atoms with Crippen LogP contribution in [0.3, 0.4) is 0 Å². The summed E-state index contributed by atoms with van der Waals surface area (Å²) >= 11 is 0. The number of pyridine rings is 1. The number of hydrogen-bond acceptors (Lipinski definition) is 2. The highest BCUT2D eigenvalue weighted by Crippen LogP contribution is 2.24. The van der Waals surface area contributed by atoms with Crippen molar-refractivity contribution < 1.29 is 8.78 Å². The molecule has 0 atom stereocenters. The fraction of sp³-hybridized carbons (Fsp3) is 0.0833. The smallest absolute Gasteiger partial charge is 0.166 e. The molecule has 16 heavy (non-hydrogen) atoms. The molecule has 2 N–H and O–H groups in total. The van der Waals surface area contributed by atoms with Gasteiger partial charge in [-0.3, -0.25) is 4.98 Å². The SMILES string of the molecule is NCc1cncc(-c2cccc(F)c2F)c1. The van der Waals surface area contributed by atoms with Gasteiger partial charge in [-0.05, 0) is 17.7 Å². The van der Waals surface area contributed by atoms with Crippen LogP contribution in [0.25, 0.3) is 11.1 Å². The van der Waals surface area contributed by atoms with Crippen molar-refractivity contribution in [2.75, 3.05) is 0 Å². The Morgan fingerprint density at radius 2 is 2.00 bits per heavy atom. The summed E-state index contributed by atoms with van der Waals surface area (Å²) in [6.45, 7) is 0.317. The third kappa shape index (κ3) is 1.92. The summed E-state index contributed by atoms with van der Waals surface area (Å²) in [6, 6.07) is 5.75. The van der Waals surface area contributed by atoms with Crippen LogP contribution in [0.1, 0.15) is 5.56 Å². The summed E-state index contributed by atoms with van der Waals surface area (Å²) in [4.78, 5) is 3.93. The standard InChI is InChI=1S/C12H10F2N2/c13-11-3-1-2-10(12(11)14)9-4-8(5-15)6-16-7-9/h1-4,6-7H,5,15H2. The minimum absolute atomic E-state index is 0.197. The quantitative estimate of drug-likeness (QED) is 0.844. The molecule has 0 aliphatic carbocycles. The van der Waals surface area contributed by atoms with Crippen LogP contribution in [-0.2, 0) is 6.54 Å². The van der Waals surface area contributed by atoms with E-state index in [0.717, 1.165) is 11.6 Å². The lowest BCUT2D eigenvalue weighted by Gasteiger charge is -2.05. The fourth-order valence-corrected chi connectivity index (χ4v) is 1.47. The maximum Gasteiger partial charge on any atom is 0.166 e. The van der Waals surface area contributed by atoms with Crippen LogP contribution in [0.5, 0.6) is 0 Å². The maximum absolute atomic E-state index is 13.5. The lowest BCUT2D eigenvalue weighted by atomic mass is 10.1. The number of aromatic nitrogens is 1. The minimum Gasteiger partial charge on any atom is -0.326 e. The molecule has 0 unspecified atom stereocenters. The van der Waals surface area contributed by atoms with Crippen molar-refractivity contribution in [3.8, 4) is 11.1 Å². The number of benzene rings is 1. The van der Waals surface area contributed by atoms with E-state index in [1.165, 1.54) is 18.3 Å². The number of nitrogens with two attached hydrogens (primary N) is 1. The topological polar surface area (TPSA) is 38.9 Å². The lowest BCUT2D eigenvalue weighted by molar-refractivity contribution is 0.511. The Morgan fingerprint density at radius 1 is 1.19 bits per heavy atom. The van der Waals surface area contributed by atoms with E-state index in [1.54, 1.807) is 12.3 Å². The first-order valence-corrected chi connectivity index (χ1v) is 4.80. The zero-order valence-electron chi connectivity index (χ0n) is 8.45. The molecule has 0 aliphatic rings. The van der Waals surface area contributed by atoms with Crippen molar-refractivity contribution in [2.24, 2.45) is 5.73 Å². The molecule has 0 aliphatic heterocycles. The molecule has 82 valence electrons. The van der Waals surface area contributed by atoms with E-state index in [2.05, 4.69) is 4.98 Å². The Labute approximate surface area is 91.7 Å². The van der Waals surface area contributed by atoms with Gasteiger partial charge >= 0.3 is 0 Å². The van der Waals surface area contributed by atoms with Crippen LogP contribution in [0.4, 0.5) is 8.78 Å². The van der Waals surface area contributed by atoms with Crippen molar-refractivity contribution >= 4 is 0 Å². The third-order valence-electron chi connectivity index (χ3n) is 2.29. The molecule has 0 saturated carbocycles. The summed E-state index contributed by atoms with van der Waals surface area (Å²) in [7, 11) is 0. The zero-order chi connectivity index (χ0) is 11.5. The number of hydrogen-bond donors (Lipinski definition) is 1. The van der Waals surface area contributed by atoms with Crippen molar-refractivity contribution in [1.29, 1.82) is 0 Å². The predicted octanol–water partition coefficient (Wildman–Crippen LogP) is 2.49. The summed E-state index contributed by atoms with van der Waals surface area (Å²) in [5.74, 6) is -1.73. The van der Waals surface area contributed by atoms with Crippen LogP contribution in [0.2, 0.25) is 0 Å². The van der Waals surface area contributed by atoms with Gasteiger partial charge in [-0.15, -0.1) is 0 Å². The first kappa shape index (κ1) is 10.7. The van der Waals surface area contributed by atoms with Crippen LogP contribution in [0, 0.1) is 11.6 Å². The molecular formula is C12H10F2N2. The Hall–Kier alpha value is -1.81. The highest BCUT2D eigenvalue weighted by atomic mass is 19.2. The summed E-state index contributed by atoms with van der Waals surface area (Å²) < 4.78 is 26.5. The van der Waals surface area contributed by atoms with Crippen molar-refractivity contribution in [3.63, 3.8) is 0 Å². The van der Waals surface area contributed by atoms with Gasteiger partial charge in [0, 0.05) is 30.1 Å². The lowest BCUT2D eigenvalue weighted by Crippen LogP contribution is -1.98. The number of rotatable bonds is 2. The first-order chi connectivity index (χ1) is 7.72. The van der Waals surface area contributed by atoms with E-state index >= 15 is 0 Å². The largest absolute Gasteiger partial charge is 0.326 e. The predicted molar refractivity (Wildman–Crippen MR) is 57.5 cm³/mol. The Kier molecular flexibility index (Phi) is 2.92. The van der Waals surface area contributed by atoms with Crippen LogP contribution < -0.4 is 5.73 Å². The monoisotopic (exact) mass is 220 g/mol. The molecule has 1 aromatic carbocycles. The van der Waals surface area contributed by atoms with Gasteiger partial charge in [-0.1, -0.05) is 12.1 Å². The van der Waals surface area contributed by atoms with E-state index in [-0.39, 0.29) is 5.56 Å². The molecule has 4 heteroatoms. The molecular weight excluding hydrogens is 210 g/mol. The van der Waals surface area contributed by atoms with Crippen molar-refractivity contribution in [1.82, 2.24) is 4.98 Å². The molecule has 1 aromatic heterocycles. The molecule has 0 fully saturated rings. The van der Waals surface area contributed by atoms with Gasteiger partial charge in [-0.2, -0.15) is 0 Å². The molecule has 2 rings (SSSR count). The minimum atomic E-state index is -0.865. The normalized spacial score (nSPS) is 10.4. The van der Waals surface area contributed by atoms with Crippen LogP contribution in [-0.4, -0.2) is 4.98 Å². The van der Waals surface area contributed by atoms with Gasteiger partial charge in [0.1, 0.15) is 0 Å². The second-order valence-electron chi connectivity index (χ2n) is 3.39. The van der Waals surface area contributed by atoms with E-state index in [0.29, 0.717) is 12.1 Å². The Balaban J connectivity index is 2.54. The number of halogens is 2. The van der Waals surface area contributed by atoms with Gasteiger partial charge in [0.15, 0.2) is 11.6 Å². The molecule has 2 aromatic rings. The highest BCUT2D eigenvalue weighted by Gasteiger charge is 2.09. The molecule has 0 spiro atoms. The van der Waals surface area contributed by atoms with E-state index < -0.39 is 11.6 Å². The fourth-order valence-electron chi connectivity index (χ4n) is 1.47. The second kappa shape index (κ2) is 4.37. The first-order valence-electron chi connectivity index (χ1n) is 4.80. The van der Waals surface area contributed by atoms with Gasteiger partial charge in [-0.25, -0.2) is 8.78 Å². The molecule has 0 saturated heterocycles. The van der Waals surface area contributed by atoms with Crippen LogP contribution in [0.15, 0.2) is 36.7 Å². The second-order valence-corrected chi connectivity index (χ2v) is 3.39. The van der Waals surface area contributed by atoms with E-state index in [4.69, 9.17) is 5.73 Å². The van der Waals surface area contributed by atoms with Crippen molar-refractivity contribution in [3.05, 3.63) is 53.9 Å². The summed E-state index contributed by atoms with van der Waals surface area (Å²) in [5.41, 5.74) is 6.96. The average Bonchev–Trinajstić information content (AvgIpc) is 2.33. The highest BCUT2D eigenvalue weighted by molar-refractivity contribution is 5.63. The Morgan fingerprint density at radius 3 is 2.75 bits per heavy atom. The van der Waals surface area contributed by atoms with Gasteiger partial charge in [0.05, 0.1) is 0 Å². The number of nitrogens with zero attached hydrogens (tertiary/aromatic N) is 1. The van der Waals surface area contributed by atoms with Gasteiger partial charge in [0.25, 0.3) is 0 Å². The van der Waals surface area contributed by atoms with E-state index in [9.17, 15) is 8.78 Å². The zero-order valence-corrected chi connectivity index (χ0v) is 8.45. The van der Waals surface area contributed by atoms with Gasteiger partial charge in [0.2, 0.25) is 0 Å². The molecule has 0 radical (unpaired) electrons. The summed E-state index contributed by atoms with van der Waals surface area (Å²) in [5, 5.41) is 0. The maximum atomic E-state index is 13.5. The summed E-state index contributed by atoms with van der Waals surface area (Å²) in [6.07, 6.45) is 3.08. The molecule has 0 bridgehead atoms. The molecule has 2 nitrogen and oxygen atoms in total. The Bertz CT molecular complexity index is 512. The average molecular weight is 220 g/mol. The third-order valence-corrected chi connectivity index (χ3v) is 2.29. The molecule has 0 amide bonds. The molecule has 1 heterocycles.